The molecular weight excluding hydrogens is 411 g/mol. The molecule has 0 bridgehead atoms. The second-order valence-electron chi connectivity index (χ2n) is 6.83. The molecule has 8 radical (unpaired) electrons. The van der Waals surface area contributed by atoms with Crippen molar-refractivity contribution in [2.75, 3.05) is 0 Å². The molecule has 29 heavy (non-hydrogen) atoms. The summed E-state index contributed by atoms with van der Waals surface area (Å²) < 4.78 is 0.864. The van der Waals surface area contributed by atoms with Gasteiger partial charge in [0.15, 0.2) is 0 Å². The molecule has 0 heterocycles. The summed E-state index contributed by atoms with van der Waals surface area (Å²) in [5, 5.41) is 0. The van der Waals surface area contributed by atoms with Gasteiger partial charge >= 0.3 is 0 Å². The number of hydrogen-bond acceptors (Lipinski definition) is 0. The third kappa shape index (κ3) is 3.65. The van der Waals surface area contributed by atoms with Gasteiger partial charge in [-0.3, -0.25) is 0 Å². The van der Waals surface area contributed by atoms with Crippen LogP contribution < -0.4 is 21.9 Å². The van der Waals surface area contributed by atoms with Crippen molar-refractivity contribution in [1.29, 1.82) is 0 Å². The van der Waals surface area contributed by atoms with E-state index >= 15 is 0 Å². The summed E-state index contributed by atoms with van der Waals surface area (Å²) in [7, 11) is 25.8. The van der Waals surface area contributed by atoms with E-state index in [-0.39, 0.29) is 0 Å². The highest BCUT2D eigenvalue weighted by atomic mass is 79.9. The molecule has 0 atom stereocenters. The van der Waals surface area contributed by atoms with Crippen molar-refractivity contribution in [2.45, 2.75) is 0 Å². The van der Waals surface area contributed by atoms with Crippen molar-refractivity contribution in [3.8, 4) is 33.4 Å². The Hall–Kier alpha value is -2.38. The fourth-order valence-corrected chi connectivity index (χ4v) is 4.14. The fraction of sp³-hybridized carbons (Fsp3) is 0. The summed E-state index contributed by atoms with van der Waals surface area (Å²) in [5.41, 5.74) is 6.94. The largest absolute Gasteiger partial charge is 0.113 e. The van der Waals surface area contributed by atoms with E-state index in [0.717, 1.165) is 26.7 Å². The monoisotopic (exact) mass is 424 g/mol. The molecule has 0 unspecified atom stereocenters. The Balaban J connectivity index is 1.88. The minimum Gasteiger partial charge on any atom is -0.0959 e. The first-order valence-electron chi connectivity index (χ1n) is 9.15. The molecule has 0 aliphatic rings. The van der Waals surface area contributed by atoms with Gasteiger partial charge in [0.25, 0.3) is 0 Å². The van der Waals surface area contributed by atoms with Crippen LogP contribution in [-0.4, -0.2) is 31.4 Å². The molecule has 4 aromatic rings. The summed E-state index contributed by atoms with van der Waals surface area (Å²) in [6.07, 6.45) is 0. The number of hydrogen-bond donors (Lipinski definition) is 0. The van der Waals surface area contributed by atoms with Crippen molar-refractivity contribution in [3.63, 3.8) is 0 Å². The maximum Gasteiger partial charge on any atom is 0.113 e. The van der Waals surface area contributed by atoms with Gasteiger partial charge < -0.3 is 0 Å². The summed E-state index contributed by atoms with van der Waals surface area (Å²) in [5.74, 6) is 0. The lowest BCUT2D eigenvalue weighted by molar-refractivity contribution is 1.58. The van der Waals surface area contributed by atoms with Gasteiger partial charge in [0.2, 0.25) is 0 Å². The smallest absolute Gasteiger partial charge is 0.0959 e. The minimum atomic E-state index is 0.420. The Bertz CT molecular complexity index is 1160. The topological polar surface area (TPSA) is 0 Å². The van der Waals surface area contributed by atoms with Crippen LogP contribution in [0.2, 0.25) is 0 Å². The van der Waals surface area contributed by atoms with Crippen LogP contribution in [0.1, 0.15) is 0 Å². The first-order chi connectivity index (χ1) is 14.0. The molecule has 0 nitrogen and oxygen atoms in total. The highest BCUT2D eigenvalue weighted by Gasteiger charge is 2.17. The molecule has 0 spiro atoms. The Morgan fingerprint density at radius 1 is 0.483 bits per heavy atom. The van der Waals surface area contributed by atoms with Gasteiger partial charge in [0.05, 0.1) is 0 Å². The van der Waals surface area contributed by atoms with Crippen LogP contribution in [0.5, 0.6) is 0 Å². The van der Waals surface area contributed by atoms with Gasteiger partial charge in [-0.15, -0.1) is 0 Å². The van der Waals surface area contributed by atoms with Crippen molar-refractivity contribution in [1.82, 2.24) is 0 Å². The Kier molecular flexibility index (Phi) is 5.60. The van der Waals surface area contributed by atoms with Crippen LogP contribution in [0.15, 0.2) is 83.3 Å². The highest BCUT2D eigenvalue weighted by molar-refractivity contribution is 9.10. The Morgan fingerprint density at radius 2 is 0.966 bits per heavy atom. The second-order valence-corrected chi connectivity index (χ2v) is 7.69. The lowest BCUT2D eigenvalue weighted by Crippen LogP contribution is -2.44. The quantitative estimate of drug-likeness (QED) is 0.444. The van der Waals surface area contributed by atoms with E-state index in [0.29, 0.717) is 33.0 Å². The SMILES string of the molecule is [B]c1c([B])c(-c2ccc(-c3ccccc3)cc2Br)c([B])c([B])c1-c1ccccc1. The van der Waals surface area contributed by atoms with Gasteiger partial charge in [-0.05, 0) is 39.4 Å². The van der Waals surface area contributed by atoms with E-state index in [1.54, 1.807) is 0 Å². The number of benzene rings is 4. The maximum absolute atomic E-state index is 6.46. The van der Waals surface area contributed by atoms with Crippen LogP contribution in [0.3, 0.4) is 0 Å². The van der Waals surface area contributed by atoms with Crippen molar-refractivity contribution in [3.05, 3.63) is 83.3 Å². The molecule has 0 aromatic heterocycles. The fourth-order valence-electron chi connectivity index (χ4n) is 3.56. The molecule has 0 aliphatic heterocycles. The predicted octanol–water partition coefficient (Wildman–Crippen LogP) is 2.63. The van der Waals surface area contributed by atoms with Gasteiger partial charge in [0, 0.05) is 4.47 Å². The highest BCUT2D eigenvalue weighted by Crippen LogP contribution is 2.31. The molecular formula is C24H13B4Br. The zero-order valence-electron chi connectivity index (χ0n) is 15.7. The first kappa shape index (κ1) is 19.9. The van der Waals surface area contributed by atoms with Crippen LogP contribution in [0.25, 0.3) is 33.4 Å². The minimum absolute atomic E-state index is 0.420. The third-order valence-corrected chi connectivity index (χ3v) is 5.72. The van der Waals surface area contributed by atoms with Gasteiger partial charge in [-0.1, -0.05) is 111 Å². The molecule has 0 fully saturated rings. The van der Waals surface area contributed by atoms with Crippen LogP contribution in [-0.2, 0) is 0 Å². The molecule has 0 aliphatic carbocycles. The summed E-state index contributed by atoms with van der Waals surface area (Å²) >= 11 is 3.67. The van der Waals surface area contributed by atoms with Crippen molar-refractivity contribution < 1.29 is 0 Å². The molecule has 128 valence electrons. The van der Waals surface area contributed by atoms with Gasteiger partial charge in [0.1, 0.15) is 31.4 Å². The average Bonchev–Trinajstić information content (AvgIpc) is 2.75. The number of halogens is 1. The summed E-state index contributed by atoms with van der Waals surface area (Å²) in [6.45, 7) is 0. The average molecular weight is 425 g/mol. The molecule has 0 saturated carbocycles. The van der Waals surface area contributed by atoms with Crippen LogP contribution >= 0.6 is 15.9 Å². The molecule has 5 heteroatoms. The van der Waals surface area contributed by atoms with Gasteiger partial charge in [-0.25, -0.2) is 0 Å². The Labute approximate surface area is 185 Å². The maximum atomic E-state index is 6.46. The normalized spacial score (nSPS) is 10.8. The van der Waals surface area contributed by atoms with Crippen molar-refractivity contribution in [2.24, 2.45) is 0 Å². The molecule has 4 aromatic carbocycles. The Morgan fingerprint density at radius 3 is 1.48 bits per heavy atom. The lowest BCUT2D eigenvalue weighted by Gasteiger charge is -2.24. The standard InChI is InChI=1S/C24H13B4Br/c25-21-19(15-9-5-2-6-10-15)22(26)24(28)20(23(21)27)17-12-11-16(13-18(17)29)14-7-3-1-4-8-14/h1-13H. The van der Waals surface area contributed by atoms with E-state index in [1.807, 2.05) is 66.7 Å². The molecule has 0 N–H and O–H groups in total. The van der Waals surface area contributed by atoms with E-state index in [1.165, 1.54) is 0 Å². The molecule has 4 rings (SSSR count). The summed E-state index contributed by atoms with van der Waals surface area (Å²) in [6, 6.07) is 25.9. The van der Waals surface area contributed by atoms with Crippen molar-refractivity contribution >= 4 is 69.2 Å². The zero-order chi connectivity index (χ0) is 20.5. The second kappa shape index (κ2) is 8.16. The zero-order valence-corrected chi connectivity index (χ0v) is 17.3. The van der Waals surface area contributed by atoms with E-state index in [9.17, 15) is 0 Å². The van der Waals surface area contributed by atoms with E-state index < -0.39 is 0 Å². The van der Waals surface area contributed by atoms with E-state index in [2.05, 4.69) is 28.1 Å². The van der Waals surface area contributed by atoms with E-state index in [4.69, 9.17) is 31.4 Å². The summed E-state index contributed by atoms with van der Waals surface area (Å²) in [4.78, 5) is 0. The third-order valence-electron chi connectivity index (χ3n) is 5.07. The van der Waals surface area contributed by atoms with Crippen LogP contribution in [0, 0.1) is 0 Å². The number of rotatable bonds is 3. The van der Waals surface area contributed by atoms with Crippen LogP contribution in [0.4, 0.5) is 0 Å². The predicted molar refractivity (Wildman–Crippen MR) is 132 cm³/mol. The van der Waals surface area contributed by atoms with Gasteiger partial charge in [-0.2, -0.15) is 0 Å². The molecule has 0 amide bonds. The molecule has 0 saturated heterocycles. The first-order valence-corrected chi connectivity index (χ1v) is 9.95. The lowest BCUT2D eigenvalue weighted by atomic mass is 9.62.